The topological polar surface area (TPSA) is 70.8 Å². The largest absolute Gasteiger partial charge is 0.491 e. The molecule has 1 unspecified atom stereocenters. The summed E-state index contributed by atoms with van der Waals surface area (Å²) in [7, 11) is 0. The maximum Gasteiger partial charge on any atom is 0.187 e. The number of aromatic nitrogens is 4. The highest BCUT2D eigenvalue weighted by Crippen LogP contribution is 2.35. The molecule has 7 nitrogen and oxygen atoms in total. The van der Waals surface area contributed by atoms with Gasteiger partial charge < -0.3 is 14.2 Å². The molecule has 166 valence electrons. The third kappa shape index (κ3) is 3.80. The first-order valence-electron chi connectivity index (χ1n) is 10.6. The normalized spacial score (nSPS) is 18.5. The molecule has 1 saturated heterocycles. The van der Waals surface area contributed by atoms with Crippen LogP contribution in [0.4, 0.5) is 4.39 Å². The molecule has 1 aliphatic heterocycles. The van der Waals surface area contributed by atoms with E-state index in [9.17, 15) is 4.39 Å². The Hall–Kier alpha value is -3.10. The summed E-state index contributed by atoms with van der Waals surface area (Å²) in [6, 6.07) is 12.1. The van der Waals surface area contributed by atoms with E-state index in [0.717, 1.165) is 5.65 Å². The molecule has 0 saturated carbocycles. The van der Waals surface area contributed by atoms with Crippen LogP contribution in [0.1, 0.15) is 27.7 Å². The Bertz CT molecular complexity index is 1300. The quantitative estimate of drug-likeness (QED) is 0.454. The minimum Gasteiger partial charge on any atom is -0.491 e. The Kier molecular flexibility index (Phi) is 4.87. The van der Waals surface area contributed by atoms with E-state index in [1.807, 2.05) is 68.6 Å². The van der Waals surface area contributed by atoms with Crippen LogP contribution in [0.2, 0.25) is 0 Å². The van der Waals surface area contributed by atoms with Gasteiger partial charge in [-0.05, 0) is 38.1 Å². The molecule has 4 aromatic rings. The highest BCUT2D eigenvalue weighted by Gasteiger charge is 2.42. The maximum absolute atomic E-state index is 14.3. The van der Waals surface area contributed by atoms with E-state index >= 15 is 0 Å². The minimum absolute atomic E-state index is 0.136. The van der Waals surface area contributed by atoms with Crippen LogP contribution >= 0.6 is 0 Å². The Labute approximate surface area is 185 Å². The summed E-state index contributed by atoms with van der Waals surface area (Å²) >= 11 is 0. The summed E-state index contributed by atoms with van der Waals surface area (Å²) in [5, 5.41) is 9.12. The lowest BCUT2D eigenvalue weighted by Crippen LogP contribution is -2.38. The van der Waals surface area contributed by atoms with Crippen molar-refractivity contribution in [1.29, 1.82) is 0 Å². The second-order valence-electron chi connectivity index (χ2n) is 9.22. The van der Waals surface area contributed by atoms with Gasteiger partial charge in [0.1, 0.15) is 22.8 Å². The van der Waals surface area contributed by atoms with Crippen molar-refractivity contribution in [2.45, 2.75) is 39.6 Å². The summed E-state index contributed by atoms with van der Waals surface area (Å²) in [4.78, 5) is 4.76. The zero-order valence-electron chi connectivity index (χ0n) is 18.5. The molecule has 1 atom stereocenters. The number of hydrogen-bond donors (Lipinski definition) is 0. The third-order valence-corrected chi connectivity index (χ3v) is 5.74. The van der Waals surface area contributed by atoms with E-state index < -0.39 is 5.79 Å². The molecular formula is C24H25FN4O3. The number of halogens is 1. The number of pyridine rings is 2. The average molecular weight is 436 g/mol. The standard InChI is InChI=1S/C24H25FN4O3/c1-23(2,19-13-31-24(3,4)32-19)14-30-18-12-16(25)11-15-8-9-17(26-21(15)18)22-28-27-20-7-5-6-10-29(20)22/h5-12,19H,13-14H2,1-4H3. The molecule has 3 aromatic heterocycles. The number of fused-ring (bicyclic) bond motifs is 2. The number of nitrogens with zero attached hydrogens (tertiary/aromatic N) is 4. The monoisotopic (exact) mass is 436 g/mol. The molecule has 0 amide bonds. The predicted octanol–water partition coefficient (Wildman–Crippen LogP) is 4.64. The molecule has 0 bridgehead atoms. The van der Waals surface area contributed by atoms with Gasteiger partial charge in [-0.3, -0.25) is 4.40 Å². The molecule has 1 aliphatic rings. The molecule has 0 N–H and O–H groups in total. The molecule has 0 radical (unpaired) electrons. The maximum atomic E-state index is 14.3. The van der Waals surface area contributed by atoms with Crippen LogP contribution in [-0.2, 0) is 9.47 Å². The predicted molar refractivity (Wildman–Crippen MR) is 118 cm³/mol. The smallest absolute Gasteiger partial charge is 0.187 e. The van der Waals surface area contributed by atoms with E-state index in [2.05, 4.69) is 10.2 Å². The lowest BCUT2D eigenvalue weighted by molar-refractivity contribution is -0.153. The SMILES string of the molecule is CC1(C)OCC(C(C)(C)COc2cc(F)cc3ccc(-c4nnc5ccccn45)nc23)O1. The van der Waals surface area contributed by atoms with Crippen molar-refractivity contribution in [3.8, 4) is 17.3 Å². The average Bonchev–Trinajstić information content (AvgIpc) is 3.35. The fraction of sp³-hybridized carbons (Fsp3) is 0.375. The minimum atomic E-state index is -0.620. The van der Waals surface area contributed by atoms with Gasteiger partial charge in [-0.25, -0.2) is 9.37 Å². The van der Waals surface area contributed by atoms with Crippen molar-refractivity contribution in [2.24, 2.45) is 5.41 Å². The van der Waals surface area contributed by atoms with Crippen molar-refractivity contribution in [1.82, 2.24) is 19.6 Å². The molecular weight excluding hydrogens is 411 g/mol. The van der Waals surface area contributed by atoms with E-state index in [1.165, 1.54) is 12.1 Å². The van der Waals surface area contributed by atoms with Crippen LogP contribution in [0.15, 0.2) is 48.7 Å². The van der Waals surface area contributed by atoms with Crippen LogP contribution in [0.3, 0.4) is 0 Å². The van der Waals surface area contributed by atoms with Gasteiger partial charge in [0.05, 0.1) is 19.3 Å². The van der Waals surface area contributed by atoms with Gasteiger partial charge >= 0.3 is 0 Å². The van der Waals surface area contributed by atoms with Gasteiger partial charge in [-0.2, -0.15) is 0 Å². The van der Waals surface area contributed by atoms with E-state index in [1.54, 1.807) is 0 Å². The molecule has 8 heteroatoms. The lowest BCUT2D eigenvalue weighted by atomic mass is 9.88. The van der Waals surface area contributed by atoms with Crippen molar-refractivity contribution < 1.29 is 18.6 Å². The summed E-state index contributed by atoms with van der Waals surface area (Å²) in [6.07, 6.45) is 1.75. The first kappa shape index (κ1) is 20.8. The first-order valence-corrected chi connectivity index (χ1v) is 10.6. The van der Waals surface area contributed by atoms with Crippen LogP contribution in [-0.4, -0.2) is 44.7 Å². The summed E-state index contributed by atoms with van der Waals surface area (Å²) in [5.74, 6) is -0.0153. The molecule has 32 heavy (non-hydrogen) atoms. The second-order valence-corrected chi connectivity index (χ2v) is 9.22. The summed E-state index contributed by atoms with van der Waals surface area (Å²) in [6.45, 7) is 8.68. The number of ether oxygens (including phenoxy) is 3. The zero-order valence-corrected chi connectivity index (χ0v) is 18.5. The fourth-order valence-electron chi connectivity index (χ4n) is 3.85. The zero-order chi connectivity index (χ0) is 22.5. The Balaban J connectivity index is 1.48. The van der Waals surface area contributed by atoms with Crippen molar-refractivity contribution in [3.63, 3.8) is 0 Å². The third-order valence-electron chi connectivity index (χ3n) is 5.74. The number of benzene rings is 1. The molecule has 1 fully saturated rings. The van der Waals surface area contributed by atoms with E-state index in [0.29, 0.717) is 41.4 Å². The molecule has 0 spiro atoms. The summed E-state index contributed by atoms with van der Waals surface area (Å²) < 4.78 is 34.0. The van der Waals surface area contributed by atoms with Crippen LogP contribution in [0.25, 0.3) is 28.1 Å². The van der Waals surface area contributed by atoms with Gasteiger partial charge in [0, 0.05) is 23.1 Å². The van der Waals surface area contributed by atoms with Crippen molar-refractivity contribution in [2.75, 3.05) is 13.2 Å². The van der Waals surface area contributed by atoms with Crippen LogP contribution in [0, 0.1) is 11.2 Å². The summed E-state index contributed by atoms with van der Waals surface area (Å²) in [5.41, 5.74) is 1.56. The fourth-order valence-corrected chi connectivity index (χ4v) is 3.85. The molecule has 5 rings (SSSR count). The van der Waals surface area contributed by atoms with E-state index in [4.69, 9.17) is 19.2 Å². The van der Waals surface area contributed by atoms with Gasteiger partial charge in [-0.1, -0.05) is 26.0 Å². The first-order chi connectivity index (χ1) is 15.2. The van der Waals surface area contributed by atoms with Gasteiger partial charge in [0.2, 0.25) is 0 Å². The van der Waals surface area contributed by atoms with Gasteiger partial charge in [0.15, 0.2) is 17.3 Å². The van der Waals surface area contributed by atoms with Gasteiger partial charge in [-0.15, -0.1) is 10.2 Å². The second kappa shape index (κ2) is 7.50. The van der Waals surface area contributed by atoms with E-state index in [-0.39, 0.29) is 17.3 Å². The van der Waals surface area contributed by atoms with Gasteiger partial charge in [0.25, 0.3) is 0 Å². The number of rotatable bonds is 5. The van der Waals surface area contributed by atoms with Crippen LogP contribution < -0.4 is 4.74 Å². The highest BCUT2D eigenvalue weighted by molar-refractivity contribution is 5.86. The lowest BCUT2D eigenvalue weighted by Gasteiger charge is -2.31. The van der Waals surface area contributed by atoms with Crippen molar-refractivity contribution >= 4 is 16.6 Å². The Morgan fingerprint density at radius 3 is 2.81 bits per heavy atom. The number of hydrogen-bond acceptors (Lipinski definition) is 6. The molecule has 0 aliphatic carbocycles. The molecule has 4 heterocycles. The Morgan fingerprint density at radius 2 is 2.03 bits per heavy atom. The van der Waals surface area contributed by atoms with Crippen molar-refractivity contribution in [3.05, 3.63) is 54.5 Å². The van der Waals surface area contributed by atoms with Crippen LogP contribution in [0.5, 0.6) is 5.75 Å². The highest BCUT2D eigenvalue weighted by atomic mass is 19.1. The molecule has 1 aromatic carbocycles. The Morgan fingerprint density at radius 1 is 1.19 bits per heavy atom.